The number of nitrogens with two attached hydrogens (primary N) is 1. The number of carbonyl (C=O) groups is 3. The number of fused-ring (bicyclic) bond motifs is 1. The average Bonchev–Trinajstić information content (AvgIpc) is 2.90. The van der Waals surface area contributed by atoms with Crippen LogP contribution in [0.4, 0.5) is 22.4 Å². The third kappa shape index (κ3) is 6.72. The Morgan fingerprint density at radius 2 is 1.80 bits per heavy atom. The lowest BCUT2D eigenvalue weighted by atomic mass is 9.98. The van der Waals surface area contributed by atoms with Gasteiger partial charge in [0.1, 0.15) is 24.6 Å². The lowest BCUT2D eigenvalue weighted by Gasteiger charge is -2.52. The topological polar surface area (TPSA) is 96.2 Å². The van der Waals surface area contributed by atoms with E-state index in [1.807, 2.05) is 0 Å². The summed E-state index contributed by atoms with van der Waals surface area (Å²) in [5.41, 5.74) is 6.03. The number of nitrogens with zero attached hydrogens (tertiary/aromatic N) is 3. The highest BCUT2D eigenvalue weighted by molar-refractivity contribution is 5.90. The predicted molar refractivity (Wildman–Crippen MR) is 137 cm³/mol. The van der Waals surface area contributed by atoms with Crippen molar-refractivity contribution in [1.82, 2.24) is 14.7 Å². The lowest BCUT2D eigenvalue weighted by molar-refractivity contribution is -0.169. The molecule has 2 atom stereocenters. The monoisotopic (exact) mass is 564 g/mol. The number of carbonyl (C=O) groups excluding carboxylic acids is 3. The predicted octanol–water partition coefficient (Wildman–Crippen LogP) is 4.19. The van der Waals surface area contributed by atoms with E-state index in [0.29, 0.717) is 36.9 Å². The molecule has 8 nitrogen and oxygen atoms in total. The first kappa shape index (κ1) is 29.3. The van der Waals surface area contributed by atoms with Gasteiger partial charge in [-0.2, -0.15) is 13.2 Å². The SMILES string of the molecule is Cc1cc(COC(=O)N2CCC(=O)N3[C@@H]2CN(Cc2ccc(F)cc2)C(=O)[C@@H]3CCCCN)cc(C(F)(F)F)c1. The van der Waals surface area contributed by atoms with Crippen LogP contribution in [0, 0.1) is 12.7 Å². The normalized spacial score (nSPS) is 19.6. The summed E-state index contributed by atoms with van der Waals surface area (Å²) in [4.78, 5) is 44.1. The maximum Gasteiger partial charge on any atom is 0.416 e. The molecule has 3 amide bonds. The van der Waals surface area contributed by atoms with Crippen molar-refractivity contribution in [1.29, 1.82) is 0 Å². The number of aryl methyl sites for hydroxylation is 1. The molecule has 0 aliphatic carbocycles. The number of unbranched alkanes of at least 4 members (excludes halogenated alkanes) is 1. The Bertz CT molecular complexity index is 1240. The first-order valence-electron chi connectivity index (χ1n) is 13.1. The summed E-state index contributed by atoms with van der Waals surface area (Å²) < 4.78 is 58.6. The summed E-state index contributed by atoms with van der Waals surface area (Å²) in [6.07, 6.45) is -4.59. The molecule has 0 aromatic heterocycles. The highest BCUT2D eigenvalue weighted by Gasteiger charge is 2.48. The molecule has 2 fully saturated rings. The summed E-state index contributed by atoms with van der Waals surface area (Å²) in [5, 5.41) is 0. The minimum Gasteiger partial charge on any atom is -0.444 e. The first-order valence-corrected chi connectivity index (χ1v) is 13.1. The van der Waals surface area contributed by atoms with Gasteiger partial charge in [0.2, 0.25) is 11.8 Å². The van der Waals surface area contributed by atoms with Crippen LogP contribution in [0.1, 0.15) is 47.9 Å². The molecular weight excluding hydrogens is 532 g/mol. The average molecular weight is 565 g/mol. The minimum atomic E-state index is -4.54. The van der Waals surface area contributed by atoms with E-state index < -0.39 is 35.9 Å². The second-order valence-electron chi connectivity index (χ2n) is 10.1. The molecule has 0 unspecified atom stereocenters. The fraction of sp³-hybridized carbons (Fsp3) is 0.464. The minimum absolute atomic E-state index is 0.00705. The van der Waals surface area contributed by atoms with Gasteiger partial charge in [0.25, 0.3) is 0 Å². The van der Waals surface area contributed by atoms with Crippen LogP contribution in [-0.2, 0) is 33.7 Å². The highest BCUT2D eigenvalue weighted by atomic mass is 19.4. The van der Waals surface area contributed by atoms with Gasteiger partial charge in [0.05, 0.1) is 12.1 Å². The second kappa shape index (κ2) is 12.2. The Labute approximate surface area is 229 Å². The molecule has 2 aromatic carbocycles. The fourth-order valence-electron chi connectivity index (χ4n) is 5.24. The van der Waals surface area contributed by atoms with Crippen molar-refractivity contribution in [2.75, 3.05) is 19.6 Å². The molecule has 0 bridgehead atoms. The van der Waals surface area contributed by atoms with E-state index in [1.165, 1.54) is 39.8 Å². The Balaban J connectivity index is 1.55. The van der Waals surface area contributed by atoms with Gasteiger partial charge in [0, 0.05) is 19.5 Å². The molecule has 4 rings (SSSR count). The fourth-order valence-corrected chi connectivity index (χ4v) is 5.24. The zero-order valence-electron chi connectivity index (χ0n) is 22.1. The Morgan fingerprint density at radius 1 is 1.07 bits per heavy atom. The van der Waals surface area contributed by atoms with Crippen molar-refractivity contribution in [3.63, 3.8) is 0 Å². The third-order valence-electron chi connectivity index (χ3n) is 7.13. The maximum absolute atomic E-state index is 13.5. The molecule has 12 heteroatoms. The van der Waals surface area contributed by atoms with E-state index in [9.17, 15) is 31.9 Å². The largest absolute Gasteiger partial charge is 0.444 e. The van der Waals surface area contributed by atoms with Crippen molar-refractivity contribution in [3.8, 4) is 0 Å². The molecule has 2 saturated heterocycles. The van der Waals surface area contributed by atoms with E-state index in [0.717, 1.165) is 12.1 Å². The van der Waals surface area contributed by atoms with Crippen LogP contribution in [0.2, 0.25) is 0 Å². The van der Waals surface area contributed by atoms with Gasteiger partial charge >= 0.3 is 12.3 Å². The number of hydrogen-bond donors (Lipinski definition) is 1. The van der Waals surface area contributed by atoms with Crippen LogP contribution in [-0.4, -0.2) is 64.4 Å². The van der Waals surface area contributed by atoms with Crippen molar-refractivity contribution in [2.45, 2.75) is 64.1 Å². The lowest BCUT2D eigenvalue weighted by Crippen LogP contribution is -2.71. The molecule has 0 saturated carbocycles. The number of rotatable bonds is 8. The van der Waals surface area contributed by atoms with Crippen LogP contribution in [0.5, 0.6) is 0 Å². The molecule has 0 spiro atoms. The van der Waals surface area contributed by atoms with Gasteiger partial charge in [-0.05, 0) is 68.1 Å². The van der Waals surface area contributed by atoms with E-state index in [2.05, 4.69) is 0 Å². The summed E-state index contributed by atoms with van der Waals surface area (Å²) in [6.45, 7) is 1.75. The Hall–Kier alpha value is -3.67. The second-order valence-corrected chi connectivity index (χ2v) is 10.1. The number of halogens is 4. The van der Waals surface area contributed by atoms with Gasteiger partial charge in [-0.3, -0.25) is 14.5 Å². The zero-order chi connectivity index (χ0) is 29.0. The van der Waals surface area contributed by atoms with Crippen LogP contribution in [0.15, 0.2) is 42.5 Å². The molecule has 2 N–H and O–H groups in total. The molecule has 2 aromatic rings. The van der Waals surface area contributed by atoms with Crippen molar-refractivity contribution in [3.05, 3.63) is 70.5 Å². The first-order chi connectivity index (χ1) is 19.0. The number of hydrogen-bond acceptors (Lipinski definition) is 5. The van der Waals surface area contributed by atoms with Crippen LogP contribution < -0.4 is 5.73 Å². The van der Waals surface area contributed by atoms with E-state index in [-0.39, 0.29) is 50.0 Å². The Kier molecular flexibility index (Phi) is 8.97. The van der Waals surface area contributed by atoms with Crippen LogP contribution >= 0.6 is 0 Å². The van der Waals surface area contributed by atoms with Gasteiger partial charge in [-0.25, -0.2) is 9.18 Å². The zero-order valence-corrected chi connectivity index (χ0v) is 22.1. The van der Waals surface area contributed by atoms with E-state index >= 15 is 0 Å². The molecule has 0 radical (unpaired) electrons. The van der Waals surface area contributed by atoms with Crippen molar-refractivity contribution >= 4 is 17.9 Å². The van der Waals surface area contributed by atoms with E-state index in [1.54, 1.807) is 12.1 Å². The molecule has 2 heterocycles. The van der Waals surface area contributed by atoms with Gasteiger partial charge < -0.3 is 20.3 Å². The summed E-state index contributed by atoms with van der Waals surface area (Å²) in [5.74, 6) is -0.960. The molecule has 2 aliphatic rings. The highest BCUT2D eigenvalue weighted by Crippen LogP contribution is 2.32. The summed E-state index contributed by atoms with van der Waals surface area (Å²) in [6, 6.07) is 8.34. The standard InChI is InChI=1S/C28H32F4N4O4/c1-18-12-20(14-21(13-18)28(30,31)32)17-40-27(39)35-11-9-25(37)36-23(4-2-3-10-33)26(38)34(16-24(35)36)15-19-5-7-22(29)8-6-19/h5-8,12-14,23-24H,2-4,9-11,15-17,33H2,1H3/t23-,24+/m0/s1. The van der Waals surface area contributed by atoms with Gasteiger partial charge in [-0.15, -0.1) is 0 Å². The number of benzene rings is 2. The molecule has 40 heavy (non-hydrogen) atoms. The van der Waals surface area contributed by atoms with E-state index in [4.69, 9.17) is 10.5 Å². The quantitative estimate of drug-likeness (QED) is 0.383. The summed E-state index contributed by atoms with van der Waals surface area (Å²) in [7, 11) is 0. The number of piperazine rings is 1. The molecule has 216 valence electrons. The van der Waals surface area contributed by atoms with Crippen LogP contribution in [0.25, 0.3) is 0 Å². The number of alkyl halides is 3. The van der Waals surface area contributed by atoms with Crippen molar-refractivity contribution < 1.29 is 36.7 Å². The number of ether oxygens (including phenoxy) is 1. The smallest absolute Gasteiger partial charge is 0.416 e. The Morgan fingerprint density at radius 3 is 2.48 bits per heavy atom. The third-order valence-corrected chi connectivity index (χ3v) is 7.13. The molecule has 2 aliphatic heterocycles. The maximum atomic E-state index is 13.5. The summed E-state index contributed by atoms with van der Waals surface area (Å²) >= 11 is 0. The van der Waals surface area contributed by atoms with Gasteiger partial charge in [0.15, 0.2) is 0 Å². The van der Waals surface area contributed by atoms with Crippen molar-refractivity contribution in [2.24, 2.45) is 5.73 Å². The van der Waals surface area contributed by atoms with Crippen LogP contribution in [0.3, 0.4) is 0 Å². The molecular formula is C28H32F4N4O4. The van der Waals surface area contributed by atoms with Gasteiger partial charge in [-0.1, -0.05) is 23.8 Å². The number of amides is 3.